The summed E-state index contributed by atoms with van der Waals surface area (Å²) in [5.41, 5.74) is 1.73. The molecule has 4 nitrogen and oxygen atoms in total. The van der Waals surface area contributed by atoms with Crippen LogP contribution in [0.2, 0.25) is 0 Å². The van der Waals surface area contributed by atoms with Gasteiger partial charge in [0.2, 0.25) is 0 Å². The molecule has 5 heteroatoms. The van der Waals surface area contributed by atoms with Crippen LogP contribution < -0.4 is 4.90 Å². The van der Waals surface area contributed by atoms with Crippen molar-refractivity contribution in [3.8, 4) is 0 Å². The van der Waals surface area contributed by atoms with Crippen LogP contribution in [-0.2, 0) is 0 Å². The summed E-state index contributed by atoms with van der Waals surface area (Å²) in [4.78, 5) is 17.0. The molecule has 0 aliphatic heterocycles. The molecule has 0 aliphatic carbocycles. The quantitative estimate of drug-likeness (QED) is 0.928. The fourth-order valence-electron chi connectivity index (χ4n) is 2.04. The number of halogens is 1. The van der Waals surface area contributed by atoms with E-state index in [4.69, 9.17) is 5.11 Å². The molecule has 0 bridgehead atoms. The molecule has 1 aromatic carbocycles. The van der Waals surface area contributed by atoms with Crippen molar-refractivity contribution in [2.24, 2.45) is 0 Å². The van der Waals surface area contributed by atoms with Crippen LogP contribution in [0, 0.1) is 12.7 Å². The largest absolute Gasteiger partial charge is 0.478 e. The molecule has 0 saturated heterocycles. The summed E-state index contributed by atoms with van der Waals surface area (Å²) in [5.74, 6) is -0.628. The van der Waals surface area contributed by atoms with Crippen molar-refractivity contribution >= 4 is 17.5 Å². The van der Waals surface area contributed by atoms with Gasteiger partial charge in [0.05, 0.1) is 5.56 Å². The first-order valence-electron chi connectivity index (χ1n) is 6.26. The van der Waals surface area contributed by atoms with Crippen molar-refractivity contribution in [2.75, 3.05) is 11.4 Å². The lowest BCUT2D eigenvalue weighted by atomic mass is 10.2. The number of rotatable bonds is 4. The lowest BCUT2D eigenvalue weighted by Crippen LogP contribution is -2.19. The van der Waals surface area contributed by atoms with Gasteiger partial charge in [0.15, 0.2) is 0 Å². The average molecular weight is 274 g/mol. The van der Waals surface area contributed by atoms with E-state index in [9.17, 15) is 9.18 Å². The van der Waals surface area contributed by atoms with E-state index in [1.54, 1.807) is 25.1 Å². The Hall–Kier alpha value is -2.43. The van der Waals surface area contributed by atoms with Crippen molar-refractivity contribution < 1.29 is 14.3 Å². The summed E-state index contributed by atoms with van der Waals surface area (Å²) < 4.78 is 13.0. The molecule has 2 aromatic rings. The number of aromatic nitrogens is 1. The van der Waals surface area contributed by atoms with Crippen molar-refractivity contribution in [3.05, 3.63) is 53.5 Å². The van der Waals surface area contributed by atoms with E-state index in [0.717, 1.165) is 11.3 Å². The SMILES string of the molecule is CCN(c1ccc(F)cc1)c1ncc(C(=O)O)cc1C. The molecule has 0 fully saturated rings. The second-order valence-corrected chi connectivity index (χ2v) is 4.39. The van der Waals surface area contributed by atoms with Crippen LogP contribution in [0.1, 0.15) is 22.8 Å². The highest BCUT2D eigenvalue weighted by Gasteiger charge is 2.13. The van der Waals surface area contributed by atoms with E-state index in [1.807, 2.05) is 11.8 Å². The van der Waals surface area contributed by atoms with Crippen LogP contribution >= 0.6 is 0 Å². The summed E-state index contributed by atoms with van der Waals surface area (Å²) in [6.45, 7) is 4.41. The number of pyridine rings is 1. The third-order valence-corrected chi connectivity index (χ3v) is 3.01. The van der Waals surface area contributed by atoms with Gasteiger partial charge in [0.25, 0.3) is 0 Å². The number of hydrogen-bond acceptors (Lipinski definition) is 3. The van der Waals surface area contributed by atoms with Crippen molar-refractivity contribution in [1.82, 2.24) is 4.98 Å². The van der Waals surface area contributed by atoms with E-state index in [1.165, 1.54) is 18.3 Å². The van der Waals surface area contributed by atoms with Gasteiger partial charge in [-0.1, -0.05) is 0 Å². The van der Waals surface area contributed by atoms with Crippen LogP contribution in [0.5, 0.6) is 0 Å². The lowest BCUT2D eigenvalue weighted by Gasteiger charge is -2.23. The molecule has 0 aliphatic rings. The molecule has 20 heavy (non-hydrogen) atoms. The topological polar surface area (TPSA) is 53.4 Å². The predicted octanol–water partition coefficient (Wildman–Crippen LogP) is 3.39. The van der Waals surface area contributed by atoms with Gasteiger partial charge in [-0.05, 0) is 49.7 Å². The normalized spacial score (nSPS) is 10.3. The summed E-state index contributed by atoms with van der Waals surface area (Å²) >= 11 is 0. The average Bonchev–Trinajstić information content (AvgIpc) is 2.43. The molecule has 2 rings (SSSR count). The molecule has 1 aromatic heterocycles. The lowest BCUT2D eigenvalue weighted by molar-refractivity contribution is 0.0696. The number of nitrogens with zero attached hydrogens (tertiary/aromatic N) is 2. The van der Waals surface area contributed by atoms with E-state index >= 15 is 0 Å². The summed E-state index contributed by atoms with van der Waals surface area (Å²) in [5, 5.41) is 8.95. The third-order valence-electron chi connectivity index (χ3n) is 3.01. The summed E-state index contributed by atoms with van der Waals surface area (Å²) in [6, 6.07) is 7.70. The molecule has 1 N–H and O–H groups in total. The van der Waals surface area contributed by atoms with E-state index in [-0.39, 0.29) is 11.4 Å². The molecule has 0 spiro atoms. The monoisotopic (exact) mass is 274 g/mol. The second kappa shape index (κ2) is 5.69. The van der Waals surface area contributed by atoms with Gasteiger partial charge in [0.1, 0.15) is 11.6 Å². The first-order valence-corrected chi connectivity index (χ1v) is 6.26. The third kappa shape index (κ3) is 2.77. The Morgan fingerprint density at radius 1 is 1.35 bits per heavy atom. The van der Waals surface area contributed by atoms with Gasteiger partial charge in [-0.15, -0.1) is 0 Å². The molecular formula is C15H15FN2O2. The number of carboxylic acids is 1. The van der Waals surface area contributed by atoms with Gasteiger partial charge >= 0.3 is 5.97 Å². The second-order valence-electron chi connectivity index (χ2n) is 4.39. The summed E-state index contributed by atoms with van der Waals surface area (Å²) in [7, 11) is 0. The van der Waals surface area contributed by atoms with Crippen LogP contribution in [-0.4, -0.2) is 22.6 Å². The molecule has 0 radical (unpaired) electrons. The molecule has 0 amide bonds. The Balaban J connectivity index is 2.41. The number of aryl methyl sites for hydroxylation is 1. The van der Waals surface area contributed by atoms with Crippen molar-refractivity contribution in [1.29, 1.82) is 0 Å². The zero-order chi connectivity index (χ0) is 14.7. The maximum Gasteiger partial charge on any atom is 0.337 e. The molecule has 0 saturated carbocycles. The Labute approximate surface area is 116 Å². The molecule has 104 valence electrons. The fourth-order valence-corrected chi connectivity index (χ4v) is 2.04. The van der Waals surface area contributed by atoms with E-state index < -0.39 is 5.97 Å². The van der Waals surface area contributed by atoms with Crippen molar-refractivity contribution in [2.45, 2.75) is 13.8 Å². The van der Waals surface area contributed by atoms with E-state index in [0.29, 0.717) is 12.4 Å². The smallest absolute Gasteiger partial charge is 0.337 e. The maximum atomic E-state index is 13.0. The minimum atomic E-state index is -1.00. The van der Waals surface area contributed by atoms with Crippen LogP contribution in [0.25, 0.3) is 0 Å². The first-order chi connectivity index (χ1) is 9.52. The van der Waals surface area contributed by atoms with Crippen molar-refractivity contribution in [3.63, 3.8) is 0 Å². The number of anilines is 2. The Bertz CT molecular complexity index is 626. The number of carbonyl (C=O) groups is 1. The standard InChI is InChI=1S/C15H15FN2O2/c1-3-18(13-6-4-12(16)5-7-13)14-10(2)8-11(9-17-14)15(19)20/h4-9H,3H2,1-2H3,(H,19,20). The minimum Gasteiger partial charge on any atom is -0.478 e. The molecule has 0 atom stereocenters. The Morgan fingerprint density at radius 3 is 2.50 bits per heavy atom. The maximum absolute atomic E-state index is 13.0. The number of aromatic carboxylic acids is 1. The predicted molar refractivity (Wildman–Crippen MR) is 75.0 cm³/mol. The van der Waals surface area contributed by atoms with Gasteiger partial charge in [-0.2, -0.15) is 0 Å². The van der Waals surface area contributed by atoms with Crippen LogP contribution in [0.15, 0.2) is 36.5 Å². The molecular weight excluding hydrogens is 259 g/mol. The van der Waals surface area contributed by atoms with Gasteiger partial charge in [-0.3, -0.25) is 0 Å². The van der Waals surface area contributed by atoms with E-state index in [2.05, 4.69) is 4.98 Å². The fraction of sp³-hybridized carbons (Fsp3) is 0.200. The first kappa shape index (κ1) is 14.0. The number of carboxylic acid groups (broad SMARTS) is 1. The molecule has 1 heterocycles. The zero-order valence-electron chi connectivity index (χ0n) is 11.3. The molecule has 0 unspecified atom stereocenters. The van der Waals surface area contributed by atoms with Crippen LogP contribution in [0.3, 0.4) is 0 Å². The Morgan fingerprint density at radius 2 is 2.00 bits per heavy atom. The highest BCUT2D eigenvalue weighted by molar-refractivity contribution is 5.88. The number of benzene rings is 1. The minimum absolute atomic E-state index is 0.154. The number of hydrogen-bond donors (Lipinski definition) is 1. The van der Waals surface area contributed by atoms with Gasteiger partial charge in [-0.25, -0.2) is 14.2 Å². The van der Waals surface area contributed by atoms with Gasteiger partial charge < -0.3 is 10.0 Å². The zero-order valence-corrected chi connectivity index (χ0v) is 11.3. The van der Waals surface area contributed by atoms with Crippen LogP contribution in [0.4, 0.5) is 15.9 Å². The van der Waals surface area contributed by atoms with Gasteiger partial charge in [0, 0.05) is 18.4 Å². The highest BCUT2D eigenvalue weighted by atomic mass is 19.1. The summed E-state index contributed by atoms with van der Waals surface area (Å²) in [6.07, 6.45) is 1.33. The Kier molecular flexibility index (Phi) is 3.98. The highest BCUT2D eigenvalue weighted by Crippen LogP contribution is 2.26.